The molecule has 5 nitrogen and oxygen atoms in total. The van der Waals surface area contributed by atoms with Crippen LogP contribution in [0.25, 0.3) is 0 Å². The van der Waals surface area contributed by atoms with E-state index in [1.54, 1.807) is 19.2 Å². The monoisotopic (exact) mass is 238 g/mol. The number of nitrogens with two attached hydrogens (primary N) is 1. The molecular weight excluding hydrogens is 220 g/mol. The summed E-state index contributed by atoms with van der Waals surface area (Å²) in [6.45, 7) is 2.83. The van der Waals surface area contributed by atoms with Gasteiger partial charge in [0.2, 0.25) is 0 Å². The third kappa shape index (κ3) is 3.96. The van der Waals surface area contributed by atoms with Crippen molar-refractivity contribution in [2.24, 2.45) is 5.73 Å². The smallest absolute Gasteiger partial charge is 0.257 e. The lowest BCUT2D eigenvalue weighted by molar-refractivity contribution is -0.123. The highest BCUT2D eigenvalue weighted by molar-refractivity contribution is 5.77. The average Bonchev–Trinajstić information content (AvgIpc) is 2.36. The number of rotatable bonds is 6. The molecule has 0 saturated heterocycles. The molecule has 0 atom stereocenters. The lowest BCUT2D eigenvalue weighted by Crippen LogP contribution is -2.28. The normalized spacial score (nSPS) is 9.82. The zero-order valence-electron chi connectivity index (χ0n) is 10.2. The molecule has 0 radical (unpaired) electrons. The Hall–Kier alpha value is -1.75. The number of benzene rings is 1. The molecule has 0 bridgehead atoms. The molecule has 1 aromatic carbocycles. The van der Waals surface area contributed by atoms with E-state index in [0.717, 1.165) is 5.56 Å². The van der Waals surface area contributed by atoms with Gasteiger partial charge in [0.15, 0.2) is 18.1 Å². The first kappa shape index (κ1) is 13.3. The minimum absolute atomic E-state index is 0.0295. The van der Waals surface area contributed by atoms with Crippen LogP contribution in [0.15, 0.2) is 18.2 Å². The van der Waals surface area contributed by atoms with E-state index in [2.05, 4.69) is 5.32 Å². The Bertz CT molecular complexity index is 380. The van der Waals surface area contributed by atoms with Gasteiger partial charge in [-0.05, 0) is 24.6 Å². The summed E-state index contributed by atoms with van der Waals surface area (Å²) >= 11 is 0. The van der Waals surface area contributed by atoms with E-state index in [4.69, 9.17) is 15.2 Å². The number of carbonyl (C=O) groups is 1. The number of hydrogen-bond acceptors (Lipinski definition) is 4. The van der Waals surface area contributed by atoms with Crippen LogP contribution in [0.1, 0.15) is 12.5 Å². The zero-order valence-corrected chi connectivity index (χ0v) is 10.2. The molecule has 1 aromatic rings. The van der Waals surface area contributed by atoms with Gasteiger partial charge >= 0.3 is 0 Å². The van der Waals surface area contributed by atoms with Crippen LogP contribution in [0.2, 0.25) is 0 Å². The molecule has 0 unspecified atom stereocenters. The van der Waals surface area contributed by atoms with Crippen molar-refractivity contribution in [1.82, 2.24) is 5.32 Å². The van der Waals surface area contributed by atoms with Crippen LogP contribution < -0.4 is 20.5 Å². The molecule has 3 N–H and O–H groups in total. The standard InChI is InChI=1S/C12H18N2O3/c1-3-14-12(15)8-17-11-6-9(7-13)4-5-10(11)16-2/h4-6H,3,7-8,13H2,1-2H3,(H,14,15). The summed E-state index contributed by atoms with van der Waals surface area (Å²) in [5.74, 6) is 0.959. The Balaban J connectivity index is 2.70. The van der Waals surface area contributed by atoms with Crippen LogP contribution in [-0.4, -0.2) is 26.2 Å². The van der Waals surface area contributed by atoms with E-state index < -0.39 is 0 Å². The average molecular weight is 238 g/mol. The molecule has 0 aliphatic carbocycles. The number of nitrogens with one attached hydrogen (secondary N) is 1. The summed E-state index contributed by atoms with van der Waals surface area (Å²) in [6.07, 6.45) is 0. The lowest BCUT2D eigenvalue weighted by atomic mass is 10.2. The lowest BCUT2D eigenvalue weighted by Gasteiger charge is -2.11. The molecule has 94 valence electrons. The quantitative estimate of drug-likeness (QED) is 0.764. The second-order valence-corrected chi connectivity index (χ2v) is 3.43. The van der Waals surface area contributed by atoms with Gasteiger partial charge in [-0.3, -0.25) is 4.79 Å². The van der Waals surface area contributed by atoms with Gasteiger partial charge in [0, 0.05) is 13.1 Å². The first-order valence-electron chi connectivity index (χ1n) is 5.47. The first-order chi connectivity index (χ1) is 8.21. The Morgan fingerprint density at radius 2 is 2.18 bits per heavy atom. The van der Waals surface area contributed by atoms with Crippen molar-refractivity contribution in [2.75, 3.05) is 20.3 Å². The third-order valence-electron chi connectivity index (χ3n) is 2.20. The van der Waals surface area contributed by atoms with Gasteiger partial charge in [-0.1, -0.05) is 6.07 Å². The number of ether oxygens (including phenoxy) is 2. The van der Waals surface area contributed by atoms with Crippen LogP contribution in [0.5, 0.6) is 11.5 Å². The molecular formula is C12H18N2O3. The molecule has 0 aromatic heterocycles. The van der Waals surface area contributed by atoms with E-state index in [1.807, 2.05) is 13.0 Å². The van der Waals surface area contributed by atoms with E-state index in [1.165, 1.54) is 0 Å². The van der Waals surface area contributed by atoms with Crippen molar-refractivity contribution < 1.29 is 14.3 Å². The van der Waals surface area contributed by atoms with E-state index >= 15 is 0 Å². The van der Waals surface area contributed by atoms with Gasteiger partial charge in [0.05, 0.1) is 7.11 Å². The number of hydrogen-bond donors (Lipinski definition) is 2. The van der Waals surface area contributed by atoms with Crippen LogP contribution in [0, 0.1) is 0 Å². The fraction of sp³-hybridized carbons (Fsp3) is 0.417. The molecule has 1 rings (SSSR count). The van der Waals surface area contributed by atoms with Crippen molar-refractivity contribution >= 4 is 5.91 Å². The first-order valence-corrected chi connectivity index (χ1v) is 5.47. The topological polar surface area (TPSA) is 73.6 Å². The maximum atomic E-state index is 11.3. The van der Waals surface area contributed by atoms with Crippen molar-refractivity contribution in [1.29, 1.82) is 0 Å². The fourth-order valence-corrected chi connectivity index (χ4v) is 1.35. The molecule has 5 heteroatoms. The SMILES string of the molecule is CCNC(=O)COc1cc(CN)ccc1OC. The van der Waals surface area contributed by atoms with Crippen LogP contribution in [-0.2, 0) is 11.3 Å². The van der Waals surface area contributed by atoms with Crippen LogP contribution >= 0.6 is 0 Å². The Kier molecular flexibility index (Phi) is 5.29. The fourth-order valence-electron chi connectivity index (χ4n) is 1.35. The number of likely N-dealkylation sites (N-methyl/N-ethyl adjacent to an activating group) is 1. The van der Waals surface area contributed by atoms with Gasteiger partial charge < -0.3 is 20.5 Å². The maximum absolute atomic E-state index is 11.3. The number of amides is 1. The largest absolute Gasteiger partial charge is 0.493 e. The number of carbonyl (C=O) groups excluding carboxylic acids is 1. The van der Waals surface area contributed by atoms with Crippen molar-refractivity contribution in [2.45, 2.75) is 13.5 Å². The zero-order chi connectivity index (χ0) is 12.7. The molecule has 17 heavy (non-hydrogen) atoms. The summed E-state index contributed by atoms with van der Waals surface area (Å²) in [5, 5.41) is 2.65. The summed E-state index contributed by atoms with van der Waals surface area (Å²) in [5.41, 5.74) is 6.47. The highest BCUT2D eigenvalue weighted by Crippen LogP contribution is 2.27. The summed E-state index contributed by atoms with van der Waals surface area (Å²) in [6, 6.07) is 5.41. The Labute approximate surface area is 101 Å². The summed E-state index contributed by atoms with van der Waals surface area (Å²) in [7, 11) is 1.55. The van der Waals surface area contributed by atoms with Gasteiger partial charge in [-0.15, -0.1) is 0 Å². The maximum Gasteiger partial charge on any atom is 0.257 e. The highest BCUT2D eigenvalue weighted by atomic mass is 16.5. The van der Waals surface area contributed by atoms with E-state index in [0.29, 0.717) is 24.6 Å². The molecule has 0 aliphatic rings. The summed E-state index contributed by atoms with van der Waals surface area (Å²) < 4.78 is 10.5. The van der Waals surface area contributed by atoms with Crippen molar-refractivity contribution in [3.8, 4) is 11.5 Å². The Morgan fingerprint density at radius 3 is 2.76 bits per heavy atom. The number of methoxy groups -OCH3 is 1. The van der Waals surface area contributed by atoms with Crippen LogP contribution in [0.3, 0.4) is 0 Å². The van der Waals surface area contributed by atoms with E-state index in [-0.39, 0.29) is 12.5 Å². The third-order valence-corrected chi connectivity index (χ3v) is 2.20. The van der Waals surface area contributed by atoms with Gasteiger partial charge in [0.25, 0.3) is 5.91 Å². The predicted octanol–water partition coefficient (Wildman–Crippen LogP) is 0.669. The minimum Gasteiger partial charge on any atom is -0.493 e. The minimum atomic E-state index is -0.160. The predicted molar refractivity (Wildman–Crippen MR) is 65.1 cm³/mol. The molecule has 1 amide bonds. The van der Waals surface area contributed by atoms with Crippen LogP contribution in [0.4, 0.5) is 0 Å². The molecule has 0 fully saturated rings. The van der Waals surface area contributed by atoms with Gasteiger partial charge in [0.1, 0.15) is 0 Å². The summed E-state index contributed by atoms with van der Waals surface area (Å²) in [4.78, 5) is 11.3. The van der Waals surface area contributed by atoms with E-state index in [9.17, 15) is 4.79 Å². The molecule has 0 heterocycles. The van der Waals surface area contributed by atoms with Crippen molar-refractivity contribution in [3.05, 3.63) is 23.8 Å². The Morgan fingerprint density at radius 1 is 1.41 bits per heavy atom. The second kappa shape index (κ2) is 6.75. The van der Waals surface area contributed by atoms with Crippen molar-refractivity contribution in [3.63, 3.8) is 0 Å². The van der Waals surface area contributed by atoms with Gasteiger partial charge in [-0.25, -0.2) is 0 Å². The molecule has 0 saturated carbocycles. The molecule has 0 spiro atoms. The highest BCUT2D eigenvalue weighted by Gasteiger charge is 2.07. The van der Waals surface area contributed by atoms with Gasteiger partial charge in [-0.2, -0.15) is 0 Å². The second-order valence-electron chi connectivity index (χ2n) is 3.43. The molecule has 0 aliphatic heterocycles.